The molecular weight excluding hydrogens is 314 g/mol. The molecule has 0 radical (unpaired) electrons. The minimum Gasteiger partial charge on any atom is -0.493 e. The van der Waals surface area contributed by atoms with Gasteiger partial charge in [-0.2, -0.15) is 0 Å². The maximum Gasteiger partial charge on any atom is 0.188 e. The number of methoxy groups -OCH3 is 2. The summed E-state index contributed by atoms with van der Waals surface area (Å²) in [5.74, 6) is 1.82. The van der Waals surface area contributed by atoms with Gasteiger partial charge in [-0.05, 0) is 23.3 Å². The van der Waals surface area contributed by atoms with Gasteiger partial charge in [0, 0.05) is 12.0 Å². The van der Waals surface area contributed by atoms with Crippen molar-refractivity contribution in [2.75, 3.05) is 20.8 Å². The van der Waals surface area contributed by atoms with Gasteiger partial charge < -0.3 is 20.5 Å². The average molecular weight is 341 g/mol. The second-order valence-electron chi connectivity index (χ2n) is 6.49. The van der Waals surface area contributed by atoms with E-state index < -0.39 is 0 Å². The Morgan fingerprint density at radius 1 is 1.04 bits per heavy atom. The molecule has 0 atom stereocenters. The standard InChI is InChI=1S/C20H27N3O2/c1-20(2,16-8-6-5-7-9-16)14-23-19(21)22-13-15-10-11-17(24-3)18(12-15)25-4/h5-12H,13-14H2,1-4H3,(H3,21,22,23). The van der Waals surface area contributed by atoms with Crippen LogP contribution in [0.1, 0.15) is 25.0 Å². The first kappa shape index (κ1) is 18.6. The van der Waals surface area contributed by atoms with Crippen LogP contribution in [0.4, 0.5) is 0 Å². The van der Waals surface area contributed by atoms with Gasteiger partial charge in [-0.25, -0.2) is 4.99 Å². The van der Waals surface area contributed by atoms with E-state index in [2.05, 4.69) is 36.3 Å². The summed E-state index contributed by atoms with van der Waals surface area (Å²) >= 11 is 0. The summed E-state index contributed by atoms with van der Waals surface area (Å²) in [5.41, 5.74) is 8.24. The van der Waals surface area contributed by atoms with Crippen molar-refractivity contribution >= 4 is 5.96 Å². The van der Waals surface area contributed by atoms with Crippen molar-refractivity contribution < 1.29 is 9.47 Å². The highest BCUT2D eigenvalue weighted by molar-refractivity contribution is 5.78. The zero-order valence-electron chi connectivity index (χ0n) is 15.4. The topological polar surface area (TPSA) is 68.9 Å². The monoisotopic (exact) mass is 341 g/mol. The first-order valence-electron chi connectivity index (χ1n) is 8.26. The number of nitrogens with two attached hydrogens (primary N) is 1. The van der Waals surface area contributed by atoms with Crippen LogP contribution in [0.25, 0.3) is 0 Å². The molecule has 0 aliphatic heterocycles. The third-order valence-corrected chi connectivity index (χ3v) is 4.15. The number of nitrogens with zero attached hydrogens (tertiary/aromatic N) is 1. The van der Waals surface area contributed by atoms with Crippen LogP contribution < -0.4 is 20.5 Å². The van der Waals surface area contributed by atoms with Gasteiger partial charge in [0.15, 0.2) is 17.5 Å². The van der Waals surface area contributed by atoms with E-state index in [1.165, 1.54) is 5.56 Å². The van der Waals surface area contributed by atoms with Crippen LogP contribution in [0.5, 0.6) is 11.5 Å². The highest BCUT2D eigenvalue weighted by Gasteiger charge is 2.20. The molecule has 0 aliphatic carbocycles. The van der Waals surface area contributed by atoms with E-state index in [0.29, 0.717) is 30.5 Å². The van der Waals surface area contributed by atoms with E-state index in [1.54, 1.807) is 14.2 Å². The van der Waals surface area contributed by atoms with Crippen LogP contribution in [0, 0.1) is 0 Å². The fourth-order valence-electron chi connectivity index (χ4n) is 2.51. The molecular formula is C20H27N3O2. The maximum absolute atomic E-state index is 6.02. The SMILES string of the molecule is COc1ccc(CN=C(N)NCC(C)(C)c2ccccc2)cc1OC. The molecule has 0 unspecified atom stereocenters. The van der Waals surface area contributed by atoms with Crippen LogP contribution >= 0.6 is 0 Å². The lowest BCUT2D eigenvalue weighted by atomic mass is 9.85. The van der Waals surface area contributed by atoms with Gasteiger partial charge in [0.1, 0.15) is 0 Å². The number of nitrogens with one attached hydrogen (secondary N) is 1. The van der Waals surface area contributed by atoms with Gasteiger partial charge in [-0.15, -0.1) is 0 Å². The Bertz CT molecular complexity index is 712. The lowest BCUT2D eigenvalue weighted by Gasteiger charge is -2.25. The smallest absolute Gasteiger partial charge is 0.188 e. The molecule has 0 bridgehead atoms. The quantitative estimate of drug-likeness (QED) is 0.600. The number of rotatable bonds is 7. The Kier molecular flexibility index (Phi) is 6.28. The summed E-state index contributed by atoms with van der Waals surface area (Å²) in [5, 5.41) is 3.21. The van der Waals surface area contributed by atoms with Crippen LogP contribution in [0.15, 0.2) is 53.5 Å². The average Bonchev–Trinajstić information content (AvgIpc) is 2.65. The molecule has 2 aromatic rings. The van der Waals surface area contributed by atoms with E-state index in [1.807, 2.05) is 36.4 Å². The van der Waals surface area contributed by atoms with E-state index in [0.717, 1.165) is 5.56 Å². The zero-order valence-corrected chi connectivity index (χ0v) is 15.4. The summed E-state index contributed by atoms with van der Waals surface area (Å²) < 4.78 is 10.5. The lowest BCUT2D eigenvalue weighted by Crippen LogP contribution is -2.40. The highest BCUT2D eigenvalue weighted by Crippen LogP contribution is 2.27. The molecule has 0 fully saturated rings. The minimum absolute atomic E-state index is 0.0370. The van der Waals surface area contributed by atoms with E-state index >= 15 is 0 Å². The van der Waals surface area contributed by atoms with Crippen molar-refractivity contribution in [1.29, 1.82) is 0 Å². The highest BCUT2D eigenvalue weighted by atomic mass is 16.5. The zero-order chi connectivity index (χ0) is 18.3. The number of hydrogen-bond donors (Lipinski definition) is 2. The number of guanidine groups is 1. The number of ether oxygens (including phenoxy) is 2. The molecule has 0 aliphatic rings. The number of aliphatic imine (C=N–C) groups is 1. The van der Waals surface area contributed by atoms with Crippen molar-refractivity contribution in [2.45, 2.75) is 25.8 Å². The molecule has 0 saturated heterocycles. The second kappa shape index (κ2) is 8.42. The second-order valence-corrected chi connectivity index (χ2v) is 6.49. The number of hydrogen-bond acceptors (Lipinski definition) is 3. The van der Waals surface area contributed by atoms with Crippen LogP contribution in [0.3, 0.4) is 0 Å². The molecule has 0 amide bonds. The number of benzene rings is 2. The predicted octanol–water partition coefficient (Wildman–Crippen LogP) is 3.09. The summed E-state index contributed by atoms with van der Waals surface area (Å²) in [4.78, 5) is 4.41. The van der Waals surface area contributed by atoms with E-state index in [4.69, 9.17) is 15.2 Å². The normalized spacial score (nSPS) is 11.9. The third kappa shape index (κ3) is 5.14. The third-order valence-electron chi connectivity index (χ3n) is 4.15. The first-order chi connectivity index (χ1) is 12.0. The van der Waals surface area contributed by atoms with Crippen molar-refractivity contribution in [3.8, 4) is 11.5 Å². The largest absolute Gasteiger partial charge is 0.493 e. The minimum atomic E-state index is -0.0370. The van der Waals surface area contributed by atoms with Crippen LogP contribution in [0.2, 0.25) is 0 Å². The molecule has 25 heavy (non-hydrogen) atoms. The molecule has 2 rings (SSSR count). The van der Waals surface area contributed by atoms with Crippen LogP contribution in [-0.4, -0.2) is 26.7 Å². The van der Waals surface area contributed by atoms with E-state index in [9.17, 15) is 0 Å². The molecule has 2 aromatic carbocycles. The Hall–Kier alpha value is -2.69. The van der Waals surface area contributed by atoms with Crippen LogP contribution in [-0.2, 0) is 12.0 Å². The van der Waals surface area contributed by atoms with E-state index in [-0.39, 0.29) is 5.41 Å². The Labute approximate surface area is 149 Å². The first-order valence-corrected chi connectivity index (χ1v) is 8.26. The van der Waals surface area contributed by atoms with Gasteiger partial charge in [0.05, 0.1) is 20.8 Å². The fraction of sp³-hybridized carbons (Fsp3) is 0.350. The summed E-state index contributed by atoms with van der Waals surface area (Å²) in [7, 11) is 3.23. The molecule has 0 spiro atoms. The van der Waals surface area contributed by atoms with Crippen molar-refractivity contribution in [2.24, 2.45) is 10.7 Å². The molecule has 3 N–H and O–H groups in total. The molecule has 5 nitrogen and oxygen atoms in total. The Morgan fingerprint density at radius 3 is 2.36 bits per heavy atom. The molecule has 134 valence electrons. The van der Waals surface area contributed by atoms with Gasteiger partial charge in [0.2, 0.25) is 0 Å². The summed E-state index contributed by atoms with van der Waals surface area (Å²) in [6, 6.07) is 16.1. The lowest BCUT2D eigenvalue weighted by molar-refractivity contribution is 0.354. The molecule has 0 heterocycles. The Balaban J connectivity index is 1.96. The van der Waals surface area contributed by atoms with Gasteiger partial charge in [0.25, 0.3) is 0 Å². The molecule has 0 aromatic heterocycles. The molecule has 5 heteroatoms. The van der Waals surface area contributed by atoms with Crippen molar-refractivity contribution in [3.05, 3.63) is 59.7 Å². The van der Waals surface area contributed by atoms with Gasteiger partial charge in [-0.1, -0.05) is 50.2 Å². The van der Waals surface area contributed by atoms with Crippen molar-refractivity contribution in [1.82, 2.24) is 5.32 Å². The molecule has 0 saturated carbocycles. The van der Waals surface area contributed by atoms with Gasteiger partial charge >= 0.3 is 0 Å². The van der Waals surface area contributed by atoms with Crippen molar-refractivity contribution in [3.63, 3.8) is 0 Å². The maximum atomic E-state index is 6.02. The summed E-state index contributed by atoms with van der Waals surface area (Å²) in [6.45, 7) is 5.54. The van der Waals surface area contributed by atoms with Gasteiger partial charge in [-0.3, -0.25) is 0 Å². The summed E-state index contributed by atoms with van der Waals surface area (Å²) in [6.07, 6.45) is 0. The predicted molar refractivity (Wildman–Crippen MR) is 102 cm³/mol. The fourth-order valence-corrected chi connectivity index (χ4v) is 2.51. The Morgan fingerprint density at radius 2 is 1.72 bits per heavy atom.